The minimum atomic E-state index is -0.918. The molecule has 2 rings (SSSR count). The summed E-state index contributed by atoms with van der Waals surface area (Å²) in [6, 6.07) is -0.0811. The average Bonchev–Trinajstić information content (AvgIpc) is 2.40. The lowest BCUT2D eigenvalue weighted by molar-refractivity contribution is -0.141. The Bertz CT molecular complexity index is 376. The van der Waals surface area contributed by atoms with Gasteiger partial charge in [0.2, 0.25) is 0 Å². The number of carbonyl (C=O) groups is 2. The predicted octanol–water partition coefficient (Wildman–Crippen LogP) is -0.0154. The third-order valence-electron chi connectivity index (χ3n) is 3.94. The summed E-state index contributed by atoms with van der Waals surface area (Å²) in [5, 5.41) is 18.5. The first-order valence-corrected chi connectivity index (χ1v) is 7.02. The summed E-state index contributed by atoms with van der Waals surface area (Å²) in [6.07, 6.45) is -0.268. The summed E-state index contributed by atoms with van der Waals surface area (Å²) in [7, 11) is 0. The fourth-order valence-corrected chi connectivity index (χ4v) is 2.72. The molecule has 20 heavy (non-hydrogen) atoms. The van der Waals surface area contributed by atoms with Gasteiger partial charge in [-0.15, -0.1) is 0 Å². The van der Waals surface area contributed by atoms with Gasteiger partial charge in [-0.3, -0.25) is 4.79 Å². The van der Waals surface area contributed by atoms with Gasteiger partial charge in [0.15, 0.2) is 0 Å². The van der Waals surface area contributed by atoms with Gasteiger partial charge >= 0.3 is 12.0 Å². The summed E-state index contributed by atoms with van der Waals surface area (Å²) in [6.45, 7) is 4.19. The number of amides is 2. The van der Waals surface area contributed by atoms with Crippen LogP contribution in [0.15, 0.2) is 0 Å². The second-order valence-electron chi connectivity index (χ2n) is 5.60. The van der Waals surface area contributed by atoms with E-state index in [1.807, 2.05) is 6.92 Å². The molecule has 7 nitrogen and oxygen atoms in total. The monoisotopic (exact) mass is 286 g/mol. The Morgan fingerprint density at radius 2 is 1.95 bits per heavy atom. The van der Waals surface area contributed by atoms with Crippen molar-refractivity contribution in [1.29, 1.82) is 0 Å². The van der Waals surface area contributed by atoms with Gasteiger partial charge in [-0.05, 0) is 12.3 Å². The number of aliphatic carboxylic acids is 1. The standard InChI is InChI=1S/C13H22N2O5/c1-9-7-14(3-2-11(9)16)13(19)15-4-5-20-10(8-15)6-12(17)18/h9-11,16H,2-8H2,1H3,(H,17,18). The van der Waals surface area contributed by atoms with E-state index < -0.39 is 12.1 Å². The predicted molar refractivity (Wildman–Crippen MR) is 70.3 cm³/mol. The molecule has 3 unspecified atom stereocenters. The molecule has 0 aromatic heterocycles. The molecule has 0 aromatic carbocycles. The van der Waals surface area contributed by atoms with Crippen LogP contribution in [0, 0.1) is 5.92 Å². The molecule has 2 fully saturated rings. The van der Waals surface area contributed by atoms with Crippen molar-refractivity contribution in [2.45, 2.75) is 32.0 Å². The number of aliphatic hydroxyl groups excluding tert-OH is 1. The summed E-state index contributed by atoms with van der Waals surface area (Å²) in [5.41, 5.74) is 0. The molecule has 0 bridgehead atoms. The smallest absolute Gasteiger partial charge is 0.320 e. The lowest BCUT2D eigenvalue weighted by Crippen LogP contribution is -2.54. The maximum Gasteiger partial charge on any atom is 0.320 e. The highest BCUT2D eigenvalue weighted by molar-refractivity contribution is 5.75. The van der Waals surface area contributed by atoms with Crippen molar-refractivity contribution in [3.05, 3.63) is 0 Å². The quantitative estimate of drug-likeness (QED) is 0.745. The summed E-state index contributed by atoms with van der Waals surface area (Å²) in [5.74, 6) is -0.845. The van der Waals surface area contributed by atoms with Crippen LogP contribution in [0.5, 0.6) is 0 Å². The van der Waals surface area contributed by atoms with E-state index in [2.05, 4.69) is 0 Å². The fraction of sp³-hybridized carbons (Fsp3) is 0.846. The van der Waals surface area contributed by atoms with Crippen molar-refractivity contribution in [2.24, 2.45) is 5.92 Å². The van der Waals surface area contributed by atoms with Gasteiger partial charge < -0.3 is 24.7 Å². The van der Waals surface area contributed by atoms with Gasteiger partial charge in [-0.1, -0.05) is 6.92 Å². The molecular formula is C13H22N2O5. The zero-order valence-electron chi connectivity index (χ0n) is 11.7. The highest BCUT2D eigenvalue weighted by Gasteiger charge is 2.32. The van der Waals surface area contributed by atoms with Crippen molar-refractivity contribution >= 4 is 12.0 Å². The van der Waals surface area contributed by atoms with Crippen LogP contribution in [0.25, 0.3) is 0 Å². The van der Waals surface area contributed by atoms with Crippen LogP contribution in [0.2, 0.25) is 0 Å². The summed E-state index contributed by atoms with van der Waals surface area (Å²) in [4.78, 5) is 26.5. The maximum absolute atomic E-state index is 12.4. The first-order chi connectivity index (χ1) is 9.47. The molecule has 0 aliphatic carbocycles. The molecular weight excluding hydrogens is 264 g/mol. The minimum absolute atomic E-state index is 0.0727. The van der Waals surface area contributed by atoms with E-state index >= 15 is 0 Å². The van der Waals surface area contributed by atoms with E-state index in [4.69, 9.17) is 9.84 Å². The Hall–Kier alpha value is -1.34. The van der Waals surface area contributed by atoms with E-state index in [9.17, 15) is 14.7 Å². The van der Waals surface area contributed by atoms with Crippen molar-refractivity contribution in [3.8, 4) is 0 Å². The Labute approximate surface area is 118 Å². The van der Waals surface area contributed by atoms with Crippen LogP contribution in [0.4, 0.5) is 4.79 Å². The molecule has 0 saturated carbocycles. The van der Waals surface area contributed by atoms with Crippen LogP contribution in [0.3, 0.4) is 0 Å². The number of hydrogen-bond donors (Lipinski definition) is 2. The second-order valence-corrected chi connectivity index (χ2v) is 5.60. The number of carboxylic acid groups (broad SMARTS) is 1. The lowest BCUT2D eigenvalue weighted by Gasteiger charge is -2.40. The molecule has 2 saturated heterocycles. The lowest BCUT2D eigenvalue weighted by atomic mass is 9.97. The second kappa shape index (κ2) is 6.41. The van der Waals surface area contributed by atoms with Gasteiger partial charge in [-0.2, -0.15) is 0 Å². The number of hydrogen-bond acceptors (Lipinski definition) is 4. The molecule has 2 amide bonds. The zero-order chi connectivity index (χ0) is 14.7. The van der Waals surface area contributed by atoms with Gasteiger partial charge in [-0.25, -0.2) is 4.79 Å². The molecule has 7 heteroatoms. The number of aliphatic hydroxyl groups is 1. The zero-order valence-corrected chi connectivity index (χ0v) is 11.7. The molecule has 2 aliphatic heterocycles. The molecule has 2 N–H and O–H groups in total. The van der Waals surface area contributed by atoms with Crippen LogP contribution in [-0.2, 0) is 9.53 Å². The highest BCUT2D eigenvalue weighted by atomic mass is 16.5. The van der Waals surface area contributed by atoms with Crippen LogP contribution < -0.4 is 0 Å². The molecule has 0 radical (unpaired) electrons. The molecule has 2 heterocycles. The summed E-state index contributed by atoms with van der Waals surface area (Å²) >= 11 is 0. The van der Waals surface area contributed by atoms with Crippen molar-refractivity contribution in [2.75, 3.05) is 32.8 Å². The number of nitrogens with zero attached hydrogens (tertiary/aromatic N) is 2. The Morgan fingerprint density at radius 3 is 2.60 bits per heavy atom. The van der Waals surface area contributed by atoms with Gasteiger partial charge in [0.05, 0.1) is 25.2 Å². The van der Waals surface area contributed by atoms with Gasteiger partial charge in [0.25, 0.3) is 0 Å². The van der Waals surface area contributed by atoms with E-state index in [-0.39, 0.29) is 24.5 Å². The molecule has 114 valence electrons. The molecule has 0 aromatic rings. The first-order valence-electron chi connectivity index (χ1n) is 7.02. The maximum atomic E-state index is 12.4. The first kappa shape index (κ1) is 15.1. The van der Waals surface area contributed by atoms with Crippen LogP contribution in [0.1, 0.15) is 19.8 Å². The van der Waals surface area contributed by atoms with E-state index in [1.165, 1.54) is 0 Å². The third-order valence-corrected chi connectivity index (χ3v) is 3.94. The number of carbonyl (C=O) groups excluding carboxylic acids is 1. The fourth-order valence-electron chi connectivity index (χ4n) is 2.72. The van der Waals surface area contributed by atoms with Gasteiger partial charge in [0, 0.05) is 26.2 Å². The number of piperidine rings is 1. The Balaban J connectivity index is 1.90. The molecule has 2 aliphatic rings. The van der Waals surface area contributed by atoms with Crippen molar-refractivity contribution in [1.82, 2.24) is 9.80 Å². The van der Waals surface area contributed by atoms with Crippen molar-refractivity contribution in [3.63, 3.8) is 0 Å². The number of rotatable bonds is 2. The number of carboxylic acids is 1. The number of likely N-dealkylation sites (tertiary alicyclic amines) is 1. The number of urea groups is 1. The topological polar surface area (TPSA) is 90.3 Å². The summed E-state index contributed by atoms with van der Waals surface area (Å²) < 4.78 is 5.36. The largest absolute Gasteiger partial charge is 0.481 e. The molecule has 3 atom stereocenters. The Morgan fingerprint density at radius 1 is 1.25 bits per heavy atom. The van der Waals surface area contributed by atoms with Crippen LogP contribution in [-0.4, -0.2) is 77.0 Å². The van der Waals surface area contributed by atoms with Crippen molar-refractivity contribution < 1.29 is 24.5 Å². The van der Waals surface area contributed by atoms with Gasteiger partial charge in [0.1, 0.15) is 0 Å². The Kier molecular flexibility index (Phi) is 4.82. The highest BCUT2D eigenvalue weighted by Crippen LogP contribution is 2.19. The SMILES string of the molecule is CC1CN(C(=O)N2CCOC(CC(=O)O)C2)CCC1O. The van der Waals surface area contributed by atoms with E-state index in [0.29, 0.717) is 39.2 Å². The third kappa shape index (κ3) is 3.61. The van der Waals surface area contributed by atoms with E-state index in [0.717, 1.165) is 0 Å². The number of morpholine rings is 1. The number of ether oxygens (including phenoxy) is 1. The minimum Gasteiger partial charge on any atom is -0.481 e. The molecule has 0 spiro atoms. The average molecular weight is 286 g/mol. The normalized spacial score (nSPS) is 31.2. The van der Waals surface area contributed by atoms with E-state index in [1.54, 1.807) is 9.80 Å². The van der Waals surface area contributed by atoms with Crippen LogP contribution >= 0.6 is 0 Å².